The second-order valence-electron chi connectivity index (χ2n) is 8.30. The molecule has 1 fully saturated rings. The number of fused-ring (bicyclic) bond motifs is 1. The molecular formula is C21H25F3N6O2. The van der Waals surface area contributed by atoms with Crippen LogP contribution in [0.15, 0.2) is 18.3 Å². The quantitative estimate of drug-likeness (QED) is 0.719. The number of aromatic nitrogens is 3. The molecule has 1 aliphatic carbocycles. The number of rotatable bonds is 5. The highest BCUT2D eigenvalue weighted by Gasteiger charge is 2.32. The number of halogens is 3. The highest BCUT2D eigenvalue weighted by Crippen LogP contribution is 2.32. The van der Waals surface area contributed by atoms with Gasteiger partial charge in [-0.25, -0.2) is 9.97 Å². The highest BCUT2D eigenvalue weighted by molar-refractivity contribution is 6.00. The summed E-state index contributed by atoms with van der Waals surface area (Å²) in [6.45, 7) is 2.48. The Balaban J connectivity index is 1.35. The van der Waals surface area contributed by atoms with Gasteiger partial charge in [0.1, 0.15) is 17.1 Å². The molecule has 8 nitrogen and oxygen atoms in total. The van der Waals surface area contributed by atoms with Crippen molar-refractivity contribution in [2.24, 2.45) is 5.92 Å². The molecule has 1 amide bonds. The maximum atomic E-state index is 12.6. The largest absolute Gasteiger partial charge is 0.492 e. The van der Waals surface area contributed by atoms with Crippen LogP contribution in [0.4, 0.5) is 30.6 Å². The fraction of sp³-hybridized carbons (Fsp3) is 0.524. The summed E-state index contributed by atoms with van der Waals surface area (Å²) >= 11 is 0. The van der Waals surface area contributed by atoms with Gasteiger partial charge >= 0.3 is 6.18 Å². The molecule has 4 rings (SSSR count). The molecule has 0 bridgehead atoms. The summed E-state index contributed by atoms with van der Waals surface area (Å²) < 4.78 is 43.6. The van der Waals surface area contributed by atoms with Gasteiger partial charge < -0.3 is 20.3 Å². The summed E-state index contributed by atoms with van der Waals surface area (Å²) in [5.74, 6) is 1.69. The van der Waals surface area contributed by atoms with E-state index < -0.39 is 11.9 Å². The van der Waals surface area contributed by atoms with E-state index in [-0.39, 0.29) is 24.4 Å². The monoisotopic (exact) mass is 450 g/mol. The topological polar surface area (TPSA) is 92.3 Å². The molecule has 1 saturated carbocycles. The first-order valence-electron chi connectivity index (χ1n) is 10.5. The number of hydrogen-bond acceptors (Lipinski definition) is 7. The van der Waals surface area contributed by atoms with Crippen LogP contribution in [0.5, 0.6) is 5.75 Å². The Morgan fingerprint density at radius 2 is 2.09 bits per heavy atom. The van der Waals surface area contributed by atoms with Crippen molar-refractivity contribution in [1.29, 1.82) is 0 Å². The summed E-state index contributed by atoms with van der Waals surface area (Å²) in [4.78, 5) is 26.1. The molecule has 2 aliphatic rings. The number of carbonyl (C=O) groups excluding carboxylic acids is 1. The molecule has 11 heteroatoms. The number of likely N-dealkylation sites (N-methyl/N-ethyl adjacent to an activating group) is 1. The van der Waals surface area contributed by atoms with Crippen LogP contribution in [0, 0.1) is 12.8 Å². The van der Waals surface area contributed by atoms with Crippen LogP contribution in [-0.2, 0) is 11.0 Å². The number of alkyl halides is 3. The fourth-order valence-electron chi connectivity index (χ4n) is 4.12. The molecule has 2 atom stereocenters. The third kappa shape index (κ3) is 5.03. The van der Waals surface area contributed by atoms with Crippen LogP contribution in [-0.4, -0.2) is 47.1 Å². The van der Waals surface area contributed by atoms with E-state index in [1.165, 1.54) is 6.07 Å². The minimum atomic E-state index is -4.46. The highest BCUT2D eigenvalue weighted by atomic mass is 19.4. The Morgan fingerprint density at radius 1 is 1.28 bits per heavy atom. The van der Waals surface area contributed by atoms with E-state index in [9.17, 15) is 18.0 Å². The Morgan fingerprint density at radius 3 is 2.81 bits per heavy atom. The first-order valence-corrected chi connectivity index (χ1v) is 10.5. The number of anilines is 3. The van der Waals surface area contributed by atoms with Crippen molar-refractivity contribution in [3.8, 4) is 5.75 Å². The van der Waals surface area contributed by atoms with Gasteiger partial charge in [-0.05, 0) is 44.2 Å². The molecule has 0 spiro atoms. The van der Waals surface area contributed by atoms with E-state index in [4.69, 9.17) is 4.74 Å². The maximum Gasteiger partial charge on any atom is 0.433 e. The van der Waals surface area contributed by atoms with Crippen LogP contribution < -0.4 is 20.3 Å². The summed E-state index contributed by atoms with van der Waals surface area (Å²) in [7, 11) is 1.82. The molecule has 2 aromatic rings. The molecular weight excluding hydrogens is 425 g/mol. The fourth-order valence-corrected chi connectivity index (χ4v) is 4.12. The molecule has 1 aliphatic heterocycles. The summed E-state index contributed by atoms with van der Waals surface area (Å²) in [6, 6.07) is 2.38. The van der Waals surface area contributed by atoms with Crippen molar-refractivity contribution in [2.45, 2.75) is 44.8 Å². The van der Waals surface area contributed by atoms with Gasteiger partial charge in [0.05, 0.1) is 25.0 Å². The lowest BCUT2D eigenvalue weighted by molar-refractivity contribution is -0.141. The zero-order valence-electron chi connectivity index (χ0n) is 17.9. The second-order valence-corrected chi connectivity index (χ2v) is 8.30. The van der Waals surface area contributed by atoms with Gasteiger partial charge in [0, 0.05) is 13.1 Å². The SMILES string of the molecule is Cc1nc(N[C@@H]2CCC[C@@H](COc3ccc(C(F)(F)F)nc3)C2)nc2c1NC(=O)CN2C. The van der Waals surface area contributed by atoms with Crippen molar-refractivity contribution in [1.82, 2.24) is 15.0 Å². The zero-order chi connectivity index (χ0) is 22.9. The van der Waals surface area contributed by atoms with Crippen LogP contribution in [0.3, 0.4) is 0 Å². The lowest BCUT2D eigenvalue weighted by Crippen LogP contribution is -2.37. The molecule has 2 aromatic heterocycles. The normalized spacial score (nSPS) is 21.0. The first-order chi connectivity index (χ1) is 15.2. The predicted molar refractivity (Wildman–Crippen MR) is 113 cm³/mol. The van der Waals surface area contributed by atoms with Gasteiger partial charge in [0.25, 0.3) is 0 Å². The van der Waals surface area contributed by atoms with E-state index in [2.05, 4.69) is 25.6 Å². The number of pyridine rings is 1. The minimum Gasteiger partial charge on any atom is -0.492 e. The number of nitrogens with zero attached hydrogens (tertiary/aromatic N) is 4. The smallest absolute Gasteiger partial charge is 0.433 e. The van der Waals surface area contributed by atoms with E-state index >= 15 is 0 Å². The molecule has 172 valence electrons. The van der Waals surface area contributed by atoms with E-state index in [0.29, 0.717) is 35.5 Å². The summed E-state index contributed by atoms with van der Waals surface area (Å²) in [5.41, 5.74) is 0.398. The van der Waals surface area contributed by atoms with Crippen LogP contribution >= 0.6 is 0 Å². The van der Waals surface area contributed by atoms with Gasteiger partial charge in [-0.2, -0.15) is 18.2 Å². The number of aryl methyl sites for hydroxylation is 1. The average molecular weight is 450 g/mol. The Labute approximate surface area is 183 Å². The lowest BCUT2D eigenvalue weighted by atomic mass is 9.86. The zero-order valence-corrected chi connectivity index (χ0v) is 17.9. The van der Waals surface area contributed by atoms with Gasteiger partial charge in [-0.15, -0.1) is 0 Å². The number of hydrogen-bond donors (Lipinski definition) is 2. The number of nitrogens with one attached hydrogen (secondary N) is 2. The van der Waals surface area contributed by atoms with Gasteiger partial charge in [-0.3, -0.25) is 4.79 Å². The first kappa shape index (κ1) is 22.1. The van der Waals surface area contributed by atoms with Crippen LogP contribution in [0.2, 0.25) is 0 Å². The average Bonchev–Trinajstić information content (AvgIpc) is 2.73. The number of amides is 1. The van der Waals surface area contributed by atoms with Crippen molar-refractivity contribution in [3.63, 3.8) is 0 Å². The molecule has 0 saturated heterocycles. The predicted octanol–water partition coefficient (Wildman–Crippen LogP) is 3.64. The maximum absolute atomic E-state index is 12.6. The van der Waals surface area contributed by atoms with Gasteiger partial charge in [-0.1, -0.05) is 6.42 Å². The van der Waals surface area contributed by atoms with E-state index in [1.807, 2.05) is 14.0 Å². The lowest BCUT2D eigenvalue weighted by Gasteiger charge is -2.31. The third-order valence-electron chi connectivity index (χ3n) is 5.71. The molecule has 0 radical (unpaired) electrons. The van der Waals surface area contributed by atoms with E-state index in [0.717, 1.165) is 37.9 Å². The molecule has 2 N–H and O–H groups in total. The molecule has 0 unspecified atom stereocenters. The molecule has 3 heterocycles. The van der Waals surface area contributed by atoms with Crippen molar-refractivity contribution >= 4 is 23.4 Å². The van der Waals surface area contributed by atoms with E-state index in [1.54, 1.807) is 4.90 Å². The van der Waals surface area contributed by atoms with Gasteiger partial charge in [0.15, 0.2) is 5.82 Å². The Bertz CT molecular complexity index is 983. The Kier molecular flexibility index (Phi) is 6.07. The summed E-state index contributed by atoms with van der Waals surface area (Å²) in [5, 5.41) is 6.22. The van der Waals surface area contributed by atoms with Crippen molar-refractivity contribution < 1.29 is 22.7 Å². The number of ether oxygens (including phenoxy) is 1. The van der Waals surface area contributed by atoms with Gasteiger partial charge in [0.2, 0.25) is 11.9 Å². The van der Waals surface area contributed by atoms with Crippen molar-refractivity contribution in [3.05, 3.63) is 29.7 Å². The summed E-state index contributed by atoms with van der Waals surface area (Å²) in [6.07, 6.45) is 0.422. The molecule has 32 heavy (non-hydrogen) atoms. The minimum absolute atomic E-state index is 0.0919. The van der Waals surface area contributed by atoms with Crippen LogP contribution in [0.25, 0.3) is 0 Å². The van der Waals surface area contributed by atoms with Crippen LogP contribution in [0.1, 0.15) is 37.1 Å². The third-order valence-corrected chi connectivity index (χ3v) is 5.71. The standard InChI is InChI=1S/C21H25F3N6O2/c1-12-18-19(30(2)10-17(31)28-18)29-20(26-12)27-14-5-3-4-13(8-14)11-32-15-6-7-16(25-9-15)21(22,23)24/h6-7,9,13-14H,3-5,8,10-11H2,1-2H3,(H,28,31)(H,26,27,29)/t13-,14-/m1/s1. The second kappa shape index (κ2) is 8.79. The Hall–Kier alpha value is -3.11. The van der Waals surface area contributed by atoms with Crippen molar-refractivity contribution in [2.75, 3.05) is 35.7 Å². The molecule has 0 aromatic carbocycles. The number of carbonyl (C=O) groups is 1.